The van der Waals surface area contributed by atoms with Gasteiger partial charge in [0.1, 0.15) is 11.3 Å². The van der Waals surface area contributed by atoms with Gasteiger partial charge in [-0.25, -0.2) is 4.79 Å². The topological polar surface area (TPSA) is 77.8 Å². The third-order valence-corrected chi connectivity index (χ3v) is 4.19. The quantitative estimate of drug-likeness (QED) is 0.630. The van der Waals surface area contributed by atoms with Crippen molar-refractivity contribution in [2.75, 3.05) is 4.90 Å². The van der Waals surface area contributed by atoms with Gasteiger partial charge in [-0.05, 0) is 35.4 Å². The number of benzene rings is 3. The fourth-order valence-electron chi connectivity index (χ4n) is 2.75. The van der Waals surface area contributed by atoms with Gasteiger partial charge in [-0.2, -0.15) is 0 Å². The Kier molecular flexibility index (Phi) is 5.87. The molecule has 3 aromatic carbocycles. The van der Waals surface area contributed by atoms with Gasteiger partial charge in [-0.3, -0.25) is 4.79 Å². The van der Waals surface area contributed by atoms with Gasteiger partial charge in [0.25, 0.3) is 5.91 Å². The fraction of sp³-hybridized carbons (Fsp3) is 0.0435. The van der Waals surface area contributed by atoms with Crippen LogP contribution >= 0.6 is 0 Å². The molecule has 3 aromatic rings. The lowest BCUT2D eigenvalue weighted by molar-refractivity contribution is -0.114. The summed E-state index contributed by atoms with van der Waals surface area (Å²) >= 11 is 0. The molecule has 0 radical (unpaired) electrons. The molecule has 5 heteroatoms. The van der Waals surface area contributed by atoms with Crippen LogP contribution in [0.5, 0.6) is 5.75 Å². The number of aromatic hydroxyl groups is 1. The number of hydrogen-bond acceptors (Lipinski definition) is 3. The van der Waals surface area contributed by atoms with Crippen LogP contribution in [0.1, 0.15) is 21.5 Å². The van der Waals surface area contributed by atoms with Crippen molar-refractivity contribution in [3.05, 3.63) is 102 Å². The molecule has 140 valence electrons. The summed E-state index contributed by atoms with van der Waals surface area (Å²) in [6.45, 7) is 0.267. The van der Waals surface area contributed by atoms with Crippen molar-refractivity contribution < 1.29 is 19.8 Å². The first-order valence-corrected chi connectivity index (χ1v) is 8.69. The van der Waals surface area contributed by atoms with Crippen molar-refractivity contribution in [2.24, 2.45) is 0 Å². The minimum Gasteiger partial charge on any atom is -0.507 e. The SMILES string of the molecule is O=C(O)c1cc(N(Cc2ccccc2)C(=O)/C=C/c2ccccc2)ccc1O. The molecular weight excluding hydrogens is 354 g/mol. The molecule has 0 aliphatic rings. The molecule has 0 saturated carbocycles. The summed E-state index contributed by atoms with van der Waals surface area (Å²) in [5, 5.41) is 19.0. The number of anilines is 1. The van der Waals surface area contributed by atoms with Crippen LogP contribution in [0.2, 0.25) is 0 Å². The second-order valence-electron chi connectivity index (χ2n) is 6.16. The Labute approximate surface area is 162 Å². The predicted molar refractivity (Wildman–Crippen MR) is 108 cm³/mol. The highest BCUT2D eigenvalue weighted by molar-refractivity contribution is 6.04. The minimum absolute atomic E-state index is 0.254. The van der Waals surface area contributed by atoms with Crippen molar-refractivity contribution in [2.45, 2.75) is 6.54 Å². The van der Waals surface area contributed by atoms with Gasteiger partial charge in [0, 0.05) is 11.8 Å². The van der Waals surface area contributed by atoms with Crippen LogP contribution in [0, 0.1) is 0 Å². The summed E-state index contributed by atoms with van der Waals surface area (Å²) < 4.78 is 0. The average Bonchev–Trinajstić information content (AvgIpc) is 2.72. The Hall–Kier alpha value is -3.86. The second kappa shape index (κ2) is 8.68. The van der Waals surface area contributed by atoms with Crippen LogP contribution in [0.3, 0.4) is 0 Å². The van der Waals surface area contributed by atoms with Crippen LogP contribution in [-0.2, 0) is 11.3 Å². The molecule has 28 heavy (non-hydrogen) atoms. The first-order chi connectivity index (χ1) is 13.5. The van der Waals surface area contributed by atoms with Crippen molar-refractivity contribution in [1.29, 1.82) is 0 Å². The normalized spacial score (nSPS) is 10.7. The van der Waals surface area contributed by atoms with E-state index in [4.69, 9.17) is 0 Å². The van der Waals surface area contributed by atoms with E-state index < -0.39 is 5.97 Å². The van der Waals surface area contributed by atoms with E-state index in [1.165, 1.54) is 29.2 Å². The number of carboxylic acids is 1. The third-order valence-electron chi connectivity index (χ3n) is 4.19. The molecule has 0 aliphatic carbocycles. The van der Waals surface area contributed by atoms with E-state index in [0.29, 0.717) is 5.69 Å². The number of hydrogen-bond donors (Lipinski definition) is 2. The number of phenols is 1. The van der Waals surface area contributed by atoms with Crippen LogP contribution in [0.4, 0.5) is 5.69 Å². The molecule has 0 bridgehead atoms. The number of nitrogens with zero attached hydrogens (tertiary/aromatic N) is 1. The maximum absolute atomic E-state index is 12.9. The van der Waals surface area contributed by atoms with Gasteiger partial charge in [0.2, 0.25) is 0 Å². The Morgan fingerprint density at radius 1 is 0.893 bits per heavy atom. The summed E-state index contributed by atoms with van der Waals surface area (Å²) in [5.74, 6) is -1.90. The Bertz CT molecular complexity index is 998. The number of carboxylic acid groups (broad SMARTS) is 1. The van der Waals surface area contributed by atoms with Crippen molar-refractivity contribution in [1.82, 2.24) is 0 Å². The zero-order chi connectivity index (χ0) is 19.9. The zero-order valence-corrected chi connectivity index (χ0v) is 15.0. The average molecular weight is 373 g/mol. The molecule has 0 unspecified atom stereocenters. The second-order valence-corrected chi connectivity index (χ2v) is 6.16. The fourth-order valence-corrected chi connectivity index (χ4v) is 2.75. The van der Waals surface area contributed by atoms with E-state index >= 15 is 0 Å². The van der Waals surface area contributed by atoms with E-state index in [1.54, 1.807) is 6.08 Å². The van der Waals surface area contributed by atoms with Gasteiger partial charge >= 0.3 is 5.97 Å². The predicted octanol–water partition coefficient (Wildman–Crippen LogP) is 4.34. The molecule has 0 spiro atoms. The number of carbonyl (C=O) groups is 2. The van der Waals surface area contributed by atoms with Crippen LogP contribution in [0.25, 0.3) is 6.08 Å². The molecule has 3 rings (SSSR count). The molecule has 0 fully saturated rings. The Balaban J connectivity index is 1.95. The lowest BCUT2D eigenvalue weighted by Gasteiger charge is -2.22. The van der Waals surface area contributed by atoms with Crippen LogP contribution in [-0.4, -0.2) is 22.1 Å². The van der Waals surface area contributed by atoms with Gasteiger partial charge in [-0.1, -0.05) is 60.7 Å². The summed E-state index contributed by atoms with van der Waals surface area (Å²) in [6, 6.07) is 22.9. The molecule has 0 aromatic heterocycles. The largest absolute Gasteiger partial charge is 0.507 e. The lowest BCUT2D eigenvalue weighted by Crippen LogP contribution is -2.28. The van der Waals surface area contributed by atoms with Crippen molar-refractivity contribution in [3.8, 4) is 5.75 Å². The molecule has 5 nitrogen and oxygen atoms in total. The summed E-state index contributed by atoms with van der Waals surface area (Å²) in [5.41, 5.74) is 1.92. The first-order valence-electron chi connectivity index (χ1n) is 8.69. The van der Waals surface area contributed by atoms with Gasteiger partial charge in [0.15, 0.2) is 0 Å². The Morgan fingerprint density at radius 2 is 1.54 bits per heavy atom. The van der Waals surface area contributed by atoms with Gasteiger partial charge in [-0.15, -0.1) is 0 Å². The number of aromatic carboxylic acids is 1. The molecule has 0 saturated heterocycles. The maximum Gasteiger partial charge on any atom is 0.339 e. The standard InChI is InChI=1S/C23H19NO4/c25-21-13-12-19(15-20(21)23(27)28)24(16-18-9-5-2-6-10-18)22(26)14-11-17-7-3-1-4-8-17/h1-15,25H,16H2,(H,27,28)/b14-11+. The van der Waals surface area contributed by atoms with Gasteiger partial charge < -0.3 is 15.1 Å². The van der Waals surface area contributed by atoms with E-state index in [9.17, 15) is 19.8 Å². The highest BCUT2D eigenvalue weighted by atomic mass is 16.4. The molecule has 2 N–H and O–H groups in total. The lowest BCUT2D eigenvalue weighted by atomic mass is 10.1. The van der Waals surface area contributed by atoms with Gasteiger partial charge in [0.05, 0.1) is 6.54 Å². The van der Waals surface area contributed by atoms with E-state index in [1.807, 2.05) is 60.7 Å². The van der Waals surface area contributed by atoms with Crippen molar-refractivity contribution >= 4 is 23.6 Å². The summed E-state index contributed by atoms with van der Waals surface area (Å²) in [4.78, 5) is 25.7. The molecular formula is C23H19NO4. The minimum atomic E-state index is -1.26. The Morgan fingerprint density at radius 3 is 2.18 bits per heavy atom. The molecule has 1 amide bonds. The maximum atomic E-state index is 12.9. The molecule has 0 heterocycles. The van der Waals surface area contributed by atoms with Crippen LogP contribution < -0.4 is 4.90 Å². The van der Waals surface area contributed by atoms with E-state index in [0.717, 1.165) is 11.1 Å². The van der Waals surface area contributed by atoms with Crippen molar-refractivity contribution in [3.63, 3.8) is 0 Å². The zero-order valence-electron chi connectivity index (χ0n) is 15.0. The monoisotopic (exact) mass is 373 g/mol. The summed E-state index contributed by atoms with van der Waals surface area (Å²) in [6.07, 6.45) is 3.16. The third kappa shape index (κ3) is 4.65. The first kappa shape index (κ1) is 18.9. The number of rotatable bonds is 6. The molecule has 0 atom stereocenters. The molecule has 0 aliphatic heterocycles. The number of amides is 1. The van der Waals surface area contributed by atoms with Crippen LogP contribution in [0.15, 0.2) is 84.9 Å². The van der Waals surface area contributed by atoms with E-state index in [-0.39, 0.29) is 23.8 Å². The van der Waals surface area contributed by atoms with E-state index in [2.05, 4.69) is 0 Å². The smallest absolute Gasteiger partial charge is 0.339 e. The number of carbonyl (C=O) groups excluding carboxylic acids is 1. The highest BCUT2D eigenvalue weighted by Crippen LogP contribution is 2.26. The summed E-state index contributed by atoms with van der Waals surface area (Å²) in [7, 11) is 0. The highest BCUT2D eigenvalue weighted by Gasteiger charge is 2.18.